The smallest absolute Gasteiger partial charge is 0.228 e. The van der Waals surface area contributed by atoms with Crippen molar-refractivity contribution in [3.63, 3.8) is 0 Å². The zero-order valence-corrected chi connectivity index (χ0v) is 17.2. The fourth-order valence-corrected chi connectivity index (χ4v) is 5.23. The number of anilines is 1. The number of rotatable bonds is 4. The number of hydrogen-bond acceptors (Lipinski definition) is 5. The Bertz CT molecular complexity index is 894. The molecule has 1 aromatic heterocycles. The van der Waals surface area contributed by atoms with Gasteiger partial charge in [0.05, 0.1) is 18.2 Å². The van der Waals surface area contributed by atoms with Gasteiger partial charge in [-0.05, 0) is 24.1 Å². The van der Waals surface area contributed by atoms with Crippen molar-refractivity contribution in [2.45, 2.75) is 45.7 Å². The number of nitrogens with one attached hydrogen (secondary N) is 1. The number of nitrogens with zero attached hydrogens (tertiary/aromatic N) is 3. The lowest BCUT2D eigenvalue weighted by atomic mass is 9.90. The zero-order chi connectivity index (χ0) is 19.7. The van der Waals surface area contributed by atoms with E-state index in [9.17, 15) is 9.59 Å². The zero-order valence-electron chi connectivity index (χ0n) is 16.4. The van der Waals surface area contributed by atoms with Crippen LogP contribution < -0.4 is 5.32 Å². The van der Waals surface area contributed by atoms with Crippen LogP contribution in [-0.2, 0) is 29.0 Å². The SMILES string of the molecule is CCN1CCc2nc(NC(=O)CC3c4ccccc4CCN3C(C)=O)sc2C1. The van der Waals surface area contributed by atoms with Crippen LogP contribution in [0.2, 0.25) is 0 Å². The molecule has 1 atom stereocenters. The molecule has 0 aliphatic carbocycles. The Morgan fingerprint density at radius 1 is 1.25 bits per heavy atom. The van der Waals surface area contributed by atoms with Gasteiger partial charge in [-0.25, -0.2) is 4.98 Å². The second kappa shape index (κ2) is 8.01. The van der Waals surface area contributed by atoms with E-state index in [0.717, 1.165) is 43.7 Å². The number of fused-ring (bicyclic) bond motifs is 2. The van der Waals surface area contributed by atoms with Crippen LogP contribution in [0.3, 0.4) is 0 Å². The minimum Gasteiger partial charge on any atom is -0.335 e. The maximum atomic E-state index is 12.8. The average molecular weight is 399 g/mol. The molecule has 2 aliphatic rings. The van der Waals surface area contributed by atoms with Crippen LogP contribution >= 0.6 is 11.3 Å². The molecule has 2 amide bonds. The van der Waals surface area contributed by atoms with Gasteiger partial charge >= 0.3 is 0 Å². The number of aromatic nitrogens is 1. The van der Waals surface area contributed by atoms with Crippen molar-refractivity contribution in [3.8, 4) is 0 Å². The molecule has 28 heavy (non-hydrogen) atoms. The lowest BCUT2D eigenvalue weighted by Crippen LogP contribution is -2.40. The average Bonchev–Trinajstić information content (AvgIpc) is 3.08. The van der Waals surface area contributed by atoms with Crippen molar-refractivity contribution < 1.29 is 9.59 Å². The van der Waals surface area contributed by atoms with Gasteiger partial charge in [0.2, 0.25) is 11.8 Å². The lowest BCUT2D eigenvalue weighted by molar-refractivity contribution is -0.132. The maximum absolute atomic E-state index is 12.8. The van der Waals surface area contributed by atoms with E-state index in [4.69, 9.17) is 0 Å². The van der Waals surface area contributed by atoms with Crippen molar-refractivity contribution in [1.29, 1.82) is 0 Å². The first-order chi connectivity index (χ1) is 13.5. The fraction of sp³-hybridized carbons (Fsp3) is 0.476. The summed E-state index contributed by atoms with van der Waals surface area (Å²) in [4.78, 5) is 35.0. The van der Waals surface area contributed by atoms with E-state index in [0.29, 0.717) is 11.7 Å². The van der Waals surface area contributed by atoms with Crippen LogP contribution in [0.4, 0.5) is 5.13 Å². The lowest BCUT2D eigenvalue weighted by Gasteiger charge is -2.36. The summed E-state index contributed by atoms with van der Waals surface area (Å²) in [5, 5.41) is 3.65. The van der Waals surface area contributed by atoms with Crippen LogP contribution in [0.25, 0.3) is 0 Å². The first-order valence-electron chi connectivity index (χ1n) is 9.91. The summed E-state index contributed by atoms with van der Waals surface area (Å²) in [6.45, 7) is 7.36. The number of likely N-dealkylation sites (N-methyl/N-ethyl adjacent to an activating group) is 1. The third-order valence-electron chi connectivity index (χ3n) is 5.70. The van der Waals surface area contributed by atoms with Crippen LogP contribution in [0.5, 0.6) is 0 Å². The van der Waals surface area contributed by atoms with Gasteiger partial charge in [0, 0.05) is 37.9 Å². The van der Waals surface area contributed by atoms with E-state index in [-0.39, 0.29) is 24.3 Å². The normalized spacial score (nSPS) is 19.1. The molecule has 148 valence electrons. The quantitative estimate of drug-likeness (QED) is 0.860. The van der Waals surface area contributed by atoms with E-state index >= 15 is 0 Å². The highest BCUT2D eigenvalue weighted by Gasteiger charge is 2.31. The summed E-state index contributed by atoms with van der Waals surface area (Å²) in [5.74, 6) is -0.0805. The number of amides is 2. The van der Waals surface area contributed by atoms with Crippen LogP contribution in [0, 0.1) is 0 Å². The van der Waals surface area contributed by atoms with Crippen LogP contribution in [0.15, 0.2) is 24.3 Å². The first kappa shape index (κ1) is 19.1. The molecule has 1 aromatic carbocycles. The molecule has 1 unspecified atom stereocenters. The predicted octanol–water partition coefficient (Wildman–Crippen LogP) is 3.00. The van der Waals surface area contributed by atoms with Gasteiger partial charge < -0.3 is 10.2 Å². The Kier molecular flexibility index (Phi) is 5.46. The standard InChI is InChI=1S/C21H26N4O2S/c1-3-24-10-9-17-19(13-24)28-21(22-17)23-20(27)12-18-16-7-5-4-6-15(16)8-11-25(18)14(2)26/h4-7,18H,3,8-13H2,1-2H3,(H,22,23,27). The van der Waals surface area contributed by atoms with Crippen LogP contribution in [-0.4, -0.2) is 46.2 Å². The topological polar surface area (TPSA) is 65.5 Å². The largest absolute Gasteiger partial charge is 0.335 e. The Morgan fingerprint density at radius 3 is 2.86 bits per heavy atom. The number of hydrogen-bond donors (Lipinski definition) is 1. The van der Waals surface area contributed by atoms with E-state index in [1.165, 1.54) is 10.4 Å². The minimum atomic E-state index is -0.215. The number of carbonyl (C=O) groups excluding carboxylic acids is 2. The van der Waals surface area contributed by atoms with Crippen molar-refractivity contribution in [2.75, 3.05) is 25.0 Å². The number of benzene rings is 1. The monoisotopic (exact) mass is 398 g/mol. The van der Waals surface area contributed by atoms with Gasteiger partial charge in [0.1, 0.15) is 0 Å². The van der Waals surface area contributed by atoms with Crippen molar-refractivity contribution in [3.05, 3.63) is 46.0 Å². The summed E-state index contributed by atoms with van der Waals surface area (Å²) < 4.78 is 0. The van der Waals surface area contributed by atoms with E-state index < -0.39 is 0 Å². The van der Waals surface area contributed by atoms with Gasteiger partial charge in [0.15, 0.2) is 5.13 Å². The number of carbonyl (C=O) groups is 2. The molecular weight excluding hydrogens is 372 g/mol. The molecule has 4 rings (SSSR count). The highest BCUT2D eigenvalue weighted by Crippen LogP contribution is 2.33. The summed E-state index contributed by atoms with van der Waals surface area (Å²) in [5.41, 5.74) is 3.41. The maximum Gasteiger partial charge on any atom is 0.228 e. The molecule has 2 aliphatic heterocycles. The van der Waals surface area contributed by atoms with Gasteiger partial charge in [-0.2, -0.15) is 0 Å². The van der Waals surface area contributed by atoms with E-state index in [2.05, 4.69) is 28.2 Å². The van der Waals surface area contributed by atoms with Gasteiger partial charge in [-0.1, -0.05) is 31.2 Å². The molecule has 6 nitrogen and oxygen atoms in total. The minimum absolute atomic E-state index is 0.0108. The summed E-state index contributed by atoms with van der Waals surface area (Å²) >= 11 is 1.57. The molecule has 1 N–H and O–H groups in total. The molecule has 0 radical (unpaired) electrons. The fourth-order valence-electron chi connectivity index (χ4n) is 4.17. The Hall–Kier alpha value is -2.25. The third-order valence-corrected chi connectivity index (χ3v) is 6.70. The van der Waals surface area contributed by atoms with Gasteiger partial charge in [-0.3, -0.25) is 14.5 Å². The second-order valence-electron chi connectivity index (χ2n) is 7.44. The number of thiazole rings is 1. The second-order valence-corrected chi connectivity index (χ2v) is 8.52. The Labute approximate surface area is 169 Å². The molecule has 3 heterocycles. The Balaban J connectivity index is 1.49. The molecule has 2 aromatic rings. The van der Waals surface area contributed by atoms with E-state index in [1.54, 1.807) is 18.3 Å². The summed E-state index contributed by atoms with van der Waals surface area (Å²) in [7, 11) is 0. The molecule has 0 saturated carbocycles. The molecule has 0 bridgehead atoms. The van der Waals surface area contributed by atoms with Crippen molar-refractivity contribution in [1.82, 2.24) is 14.8 Å². The third kappa shape index (κ3) is 3.82. The molecule has 0 saturated heterocycles. The van der Waals surface area contributed by atoms with Crippen molar-refractivity contribution in [2.24, 2.45) is 0 Å². The van der Waals surface area contributed by atoms with Crippen molar-refractivity contribution >= 4 is 28.3 Å². The molecule has 0 spiro atoms. The highest BCUT2D eigenvalue weighted by atomic mass is 32.1. The van der Waals surface area contributed by atoms with Crippen LogP contribution in [0.1, 0.15) is 48.0 Å². The first-order valence-corrected chi connectivity index (χ1v) is 10.7. The molecule has 0 fully saturated rings. The predicted molar refractivity (Wildman–Crippen MR) is 110 cm³/mol. The summed E-state index contributed by atoms with van der Waals surface area (Å²) in [6, 6.07) is 7.89. The van der Waals surface area contributed by atoms with Gasteiger partial charge in [0.25, 0.3) is 0 Å². The molecular formula is C21H26N4O2S. The Morgan fingerprint density at radius 2 is 2.07 bits per heavy atom. The van der Waals surface area contributed by atoms with Gasteiger partial charge in [-0.15, -0.1) is 11.3 Å². The summed E-state index contributed by atoms with van der Waals surface area (Å²) in [6.07, 6.45) is 2.02. The van der Waals surface area contributed by atoms with E-state index in [1.807, 2.05) is 23.1 Å². The highest BCUT2D eigenvalue weighted by molar-refractivity contribution is 7.15. The molecule has 7 heteroatoms.